The maximum Gasteiger partial charge on any atom is 0.226 e. The molecule has 3 aromatic heterocycles. The number of hydrogen-bond donors (Lipinski definition) is 0. The molecule has 3 aromatic rings. The van der Waals surface area contributed by atoms with Gasteiger partial charge in [-0.25, -0.2) is 4.98 Å². The molecule has 0 radical (unpaired) electrons. The van der Waals surface area contributed by atoms with Gasteiger partial charge >= 0.3 is 0 Å². The van der Waals surface area contributed by atoms with Crippen LogP contribution in [0.4, 0.5) is 0 Å². The van der Waals surface area contributed by atoms with Crippen molar-refractivity contribution in [1.82, 2.24) is 19.9 Å². The Bertz CT molecular complexity index is 655. The van der Waals surface area contributed by atoms with Crippen LogP contribution >= 0.6 is 22.9 Å². The molecule has 4 nitrogen and oxygen atoms in total. The molecule has 0 N–H and O–H groups in total. The average molecular weight is 275 g/mol. The third-order valence-corrected chi connectivity index (χ3v) is 3.32. The van der Waals surface area contributed by atoms with Crippen LogP contribution in [0, 0.1) is 0 Å². The zero-order valence-corrected chi connectivity index (χ0v) is 10.7. The molecule has 0 bridgehead atoms. The average Bonchev–Trinajstić information content (AvgIpc) is 2.93. The van der Waals surface area contributed by atoms with Crippen LogP contribution in [0.5, 0.6) is 0 Å². The first-order valence-electron chi connectivity index (χ1n) is 5.19. The van der Waals surface area contributed by atoms with Gasteiger partial charge in [-0.1, -0.05) is 6.07 Å². The molecule has 6 heteroatoms. The quantitative estimate of drug-likeness (QED) is 0.719. The lowest BCUT2D eigenvalue weighted by Gasteiger charge is -2.02. The lowest BCUT2D eigenvalue weighted by atomic mass is 10.2. The largest absolute Gasteiger partial charge is 0.265 e. The summed E-state index contributed by atoms with van der Waals surface area (Å²) in [5.74, 6) is 1.15. The van der Waals surface area contributed by atoms with Gasteiger partial charge in [0.2, 0.25) is 5.28 Å². The first-order chi connectivity index (χ1) is 8.83. The molecule has 0 saturated carbocycles. The van der Waals surface area contributed by atoms with Crippen LogP contribution in [0.15, 0.2) is 42.0 Å². The summed E-state index contributed by atoms with van der Waals surface area (Å²) in [5, 5.41) is 2.17. The summed E-state index contributed by atoms with van der Waals surface area (Å²) in [6, 6.07) is 7.57. The van der Waals surface area contributed by atoms with Gasteiger partial charge in [0.05, 0.1) is 4.88 Å². The molecule has 0 spiro atoms. The molecule has 0 atom stereocenters. The molecule has 0 fully saturated rings. The Morgan fingerprint density at radius 1 is 0.944 bits per heavy atom. The van der Waals surface area contributed by atoms with Crippen LogP contribution in [-0.2, 0) is 0 Å². The molecule has 0 saturated heterocycles. The van der Waals surface area contributed by atoms with E-state index in [0.717, 1.165) is 10.4 Å². The van der Waals surface area contributed by atoms with Crippen molar-refractivity contribution in [1.29, 1.82) is 0 Å². The molecule has 0 aromatic carbocycles. The summed E-state index contributed by atoms with van der Waals surface area (Å²) in [7, 11) is 0. The fourth-order valence-corrected chi connectivity index (χ4v) is 2.31. The molecular formula is C12H7ClN4S. The third-order valence-electron chi connectivity index (χ3n) is 2.29. The lowest BCUT2D eigenvalue weighted by Crippen LogP contribution is -1.96. The van der Waals surface area contributed by atoms with Crippen LogP contribution in [0.3, 0.4) is 0 Å². The topological polar surface area (TPSA) is 51.6 Å². The van der Waals surface area contributed by atoms with Crippen molar-refractivity contribution in [3.63, 3.8) is 0 Å². The molecule has 0 unspecified atom stereocenters. The normalized spacial score (nSPS) is 10.5. The predicted octanol–water partition coefficient (Wildman–Crippen LogP) is 3.32. The van der Waals surface area contributed by atoms with E-state index in [1.165, 1.54) is 0 Å². The Kier molecular flexibility index (Phi) is 3.00. The van der Waals surface area contributed by atoms with Gasteiger partial charge in [0.1, 0.15) is 0 Å². The lowest BCUT2D eigenvalue weighted by molar-refractivity contribution is 1.07. The SMILES string of the molecule is Clc1nc(-c2ccncc2)nc(-c2cccs2)n1. The summed E-state index contributed by atoms with van der Waals surface area (Å²) >= 11 is 7.51. The zero-order chi connectivity index (χ0) is 12.4. The van der Waals surface area contributed by atoms with Gasteiger partial charge in [-0.15, -0.1) is 11.3 Å². The smallest absolute Gasteiger partial charge is 0.226 e. The number of rotatable bonds is 2. The van der Waals surface area contributed by atoms with Crippen LogP contribution in [0.25, 0.3) is 22.1 Å². The Hall–Kier alpha value is -1.85. The van der Waals surface area contributed by atoms with Crippen molar-refractivity contribution < 1.29 is 0 Å². The first-order valence-corrected chi connectivity index (χ1v) is 6.44. The summed E-state index contributed by atoms with van der Waals surface area (Å²) in [6.45, 7) is 0. The number of nitrogens with zero attached hydrogens (tertiary/aromatic N) is 4. The Labute approximate surface area is 112 Å². The second-order valence-electron chi connectivity index (χ2n) is 3.46. The van der Waals surface area contributed by atoms with Crippen molar-refractivity contribution in [3.8, 4) is 22.1 Å². The van der Waals surface area contributed by atoms with Gasteiger partial charge in [-0.3, -0.25) is 4.98 Å². The molecule has 3 heterocycles. The van der Waals surface area contributed by atoms with Gasteiger partial charge in [0.15, 0.2) is 11.6 Å². The maximum atomic E-state index is 5.94. The molecule has 88 valence electrons. The number of pyridine rings is 1. The van der Waals surface area contributed by atoms with E-state index in [-0.39, 0.29) is 5.28 Å². The summed E-state index contributed by atoms with van der Waals surface area (Å²) in [6.07, 6.45) is 3.38. The van der Waals surface area contributed by atoms with Crippen LogP contribution in [0.2, 0.25) is 5.28 Å². The van der Waals surface area contributed by atoms with E-state index >= 15 is 0 Å². The fourth-order valence-electron chi connectivity index (χ4n) is 1.50. The maximum absolute atomic E-state index is 5.94. The fraction of sp³-hybridized carbons (Fsp3) is 0. The van der Waals surface area contributed by atoms with Gasteiger partial charge in [-0.05, 0) is 35.2 Å². The highest BCUT2D eigenvalue weighted by Gasteiger charge is 2.09. The molecule has 0 aliphatic rings. The highest BCUT2D eigenvalue weighted by molar-refractivity contribution is 7.13. The second kappa shape index (κ2) is 4.80. The number of hydrogen-bond acceptors (Lipinski definition) is 5. The second-order valence-corrected chi connectivity index (χ2v) is 4.75. The highest BCUT2D eigenvalue weighted by Crippen LogP contribution is 2.24. The van der Waals surface area contributed by atoms with Gasteiger partial charge in [-0.2, -0.15) is 9.97 Å². The molecular weight excluding hydrogens is 268 g/mol. The van der Waals surface area contributed by atoms with Gasteiger partial charge in [0.25, 0.3) is 0 Å². The first kappa shape index (κ1) is 11.3. The van der Waals surface area contributed by atoms with E-state index in [9.17, 15) is 0 Å². The van der Waals surface area contributed by atoms with E-state index in [1.54, 1.807) is 23.7 Å². The van der Waals surface area contributed by atoms with Gasteiger partial charge < -0.3 is 0 Å². The highest BCUT2D eigenvalue weighted by atomic mass is 35.5. The molecule has 0 amide bonds. The van der Waals surface area contributed by atoms with Crippen LogP contribution in [0.1, 0.15) is 0 Å². The molecule has 18 heavy (non-hydrogen) atoms. The minimum absolute atomic E-state index is 0.195. The van der Waals surface area contributed by atoms with Crippen LogP contribution < -0.4 is 0 Å². The third kappa shape index (κ3) is 2.23. The van der Waals surface area contributed by atoms with Crippen molar-refractivity contribution in [3.05, 3.63) is 47.3 Å². The number of aromatic nitrogens is 4. The van der Waals surface area contributed by atoms with Gasteiger partial charge in [0, 0.05) is 18.0 Å². The summed E-state index contributed by atoms with van der Waals surface area (Å²) < 4.78 is 0. The van der Waals surface area contributed by atoms with Crippen molar-refractivity contribution >= 4 is 22.9 Å². The summed E-state index contributed by atoms with van der Waals surface area (Å²) in [5.41, 5.74) is 0.868. The van der Waals surface area contributed by atoms with E-state index in [0.29, 0.717) is 11.6 Å². The minimum Gasteiger partial charge on any atom is -0.265 e. The van der Waals surface area contributed by atoms with E-state index < -0.39 is 0 Å². The number of thiophene rings is 1. The van der Waals surface area contributed by atoms with E-state index in [4.69, 9.17) is 11.6 Å². The molecule has 0 aliphatic heterocycles. The van der Waals surface area contributed by atoms with Crippen LogP contribution in [-0.4, -0.2) is 19.9 Å². The zero-order valence-electron chi connectivity index (χ0n) is 9.12. The van der Waals surface area contributed by atoms with Crippen molar-refractivity contribution in [2.45, 2.75) is 0 Å². The standard InChI is InChI=1S/C12H7ClN4S/c13-12-16-10(8-3-5-14-6-4-8)15-11(17-12)9-2-1-7-18-9/h1-7H. The van der Waals surface area contributed by atoms with E-state index in [2.05, 4.69) is 19.9 Å². The Morgan fingerprint density at radius 2 is 1.72 bits per heavy atom. The molecule has 3 rings (SSSR count). The Morgan fingerprint density at radius 3 is 2.44 bits per heavy atom. The number of halogens is 1. The van der Waals surface area contributed by atoms with Crippen molar-refractivity contribution in [2.75, 3.05) is 0 Å². The van der Waals surface area contributed by atoms with E-state index in [1.807, 2.05) is 29.6 Å². The molecule has 0 aliphatic carbocycles. The Balaban J connectivity index is 2.12. The summed E-state index contributed by atoms with van der Waals surface area (Å²) in [4.78, 5) is 17.6. The van der Waals surface area contributed by atoms with Crippen molar-refractivity contribution in [2.24, 2.45) is 0 Å². The predicted molar refractivity (Wildman–Crippen MR) is 71.4 cm³/mol. The minimum atomic E-state index is 0.195. The monoisotopic (exact) mass is 274 g/mol.